The van der Waals surface area contributed by atoms with Crippen LogP contribution >= 0.6 is 0 Å². The first-order valence-electron chi connectivity index (χ1n) is 8.42. The molecular weight excluding hydrogens is 314 g/mol. The molecule has 5 N–H and O–H groups in total. The van der Waals surface area contributed by atoms with Gasteiger partial charge in [0, 0.05) is 18.7 Å². The van der Waals surface area contributed by atoms with E-state index in [1.54, 1.807) is 12.3 Å². The first kappa shape index (κ1) is 15.8. The lowest BCUT2D eigenvalue weighted by Gasteiger charge is -2.23. The molecular formula is C19H21N5O. The standard InChI is InChI=1S/C19H21N5O/c20-14-8-18-17(23-10-14)9-16(19(21)24-18)13-3-1-12(2-4-13)7-15-11-22-5-6-25-15/h1-4,8-10,15,22H,5-7,11,20H2,(H2,21,24). The summed E-state index contributed by atoms with van der Waals surface area (Å²) in [6, 6.07) is 12.1. The second kappa shape index (κ2) is 6.66. The Morgan fingerprint density at radius 2 is 1.96 bits per heavy atom. The zero-order valence-electron chi connectivity index (χ0n) is 13.9. The number of benzene rings is 1. The highest BCUT2D eigenvalue weighted by Gasteiger charge is 2.14. The highest BCUT2D eigenvalue weighted by Crippen LogP contribution is 2.28. The fourth-order valence-electron chi connectivity index (χ4n) is 3.15. The largest absolute Gasteiger partial charge is 0.397 e. The predicted molar refractivity (Wildman–Crippen MR) is 100 cm³/mol. The lowest BCUT2D eigenvalue weighted by molar-refractivity contribution is 0.0292. The fourth-order valence-corrected chi connectivity index (χ4v) is 3.15. The summed E-state index contributed by atoms with van der Waals surface area (Å²) in [7, 11) is 0. The Hall–Kier alpha value is -2.70. The van der Waals surface area contributed by atoms with Gasteiger partial charge in [0.2, 0.25) is 0 Å². The zero-order chi connectivity index (χ0) is 17.2. The fraction of sp³-hybridized carbons (Fsp3) is 0.263. The maximum atomic E-state index is 6.15. The van der Waals surface area contributed by atoms with Gasteiger partial charge in [-0.3, -0.25) is 4.98 Å². The molecule has 1 unspecified atom stereocenters. The summed E-state index contributed by atoms with van der Waals surface area (Å²) in [5.74, 6) is 0.479. The molecule has 1 aliphatic heterocycles. The monoisotopic (exact) mass is 335 g/mol. The summed E-state index contributed by atoms with van der Waals surface area (Å²) >= 11 is 0. The third kappa shape index (κ3) is 3.40. The lowest BCUT2D eigenvalue weighted by atomic mass is 10.0. The van der Waals surface area contributed by atoms with E-state index in [1.807, 2.05) is 6.07 Å². The van der Waals surface area contributed by atoms with Gasteiger partial charge in [0.25, 0.3) is 0 Å². The maximum absolute atomic E-state index is 6.15. The number of fused-ring (bicyclic) bond motifs is 1. The van der Waals surface area contributed by atoms with Crippen molar-refractivity contribution < 1.29 is 4.74 Å². The molecule has 0 bridgehead atoms. The normalized spacial score (nSPS) is 17.7. The van der Waals surface area contributed by atoms with E-state index in [-0.39, 0.29) is 6.10 Å². The van der Waals surface area contributed by atoms with Crippen molar-refractivity contribution in [3.63, 3.8) is 0 Å². The van der Waals surface area contributed by atoms with Gasteiger partial charge in [-0.1, -0.05) is 24.3 Å². The van der Waals surface area contributed by atoms with E-state index in [4.69, 9.17) is 16.2 Å². The number of nitrogen functional groups attached to an aromatic ring is 2. The van der Waals surface area contributed by atoms with Gasteiger partial charge in [-0.15, -0.1) is 0 Å². The van der Waals surface area contributed by atoms with Gasteiger partial charge >= 0.3 is 0 Å². The van der Waals surface area contributed by atoms with Crippen molar-refractivity contribution in [1.29, 1.82) is 0 Å². The van der Waals surface area contributed by atoms with Crippen molar-refractivity contribution in [3.05, 3.63) is 48.2 Å². The molecule has 0 radical (unpaired) electrons. The number of nitrogens with one attached hydrogen (secondary N) is 1. The molecule has 3 aromatic rings. The predicted octanol–water partition coefficient (Wildman–Crippen LogP) is 1.99. The highest BCUT2D eigenvalue weighted by molar-refractivity contribution is 5.87. The minimum Gasteiger partial charge on any atom is -0.397 e. The molecule has 1 saturated heterocycles. The third-order valence-electron chi connectivity index (χ3n) is 4.45. The van der Waals surface area contributed by atoms with Gasteiger partial charge < -0.3 is 21.5 Å². The number of pyridine rings is 2. The topological polar surface area (TPSA) is 99.1 Å². The van der Waals surface area contributed by atoms with Gasteiger partial charge in [-0.05, 0) is 29.7 Å². The molecule has 1 aromatic carbocycles. The van der Waals surface area contributed by atoms with Gasteiger partial charge in [0.15, 0.2) is 0 Å². The number of nitrogens with zero attached hydrogens (tertiary/aromatic N) is 2. The van der Waals surface area contributed by atoms with Gasteiger partial charge in [-0.2, -0.15) is 0 Å². The number of ether oxygens (including phenoxy) is 1. The Labute approximate surface area is 146 Å². The molecule has 25 heavy (non-hydrogen) atoms. The molecule has 0 saturated carbocycles. The van der Waals surface area contributed by atoms with Crippen molar-refractivity contribution in [2.45, 2.75) is 12.5 Å². The molecule has 6 nitrogen and oxygen atoms in total. The van der Waals surface area contributed by atoms with Gasteiger partial charge in [0.1, 0.15) is 5.82 Å². The molecule has 0 amide bonds. The number of hydrogen-bond donors (Lipinski definition) is 3. The van der Waals surface area contributed by atoms with Crippen molar-refractivity contribution >= 4 is 22.5 Å². The van der Waals surface area contributed by atoms with Crippen LogP contribution in [0, 0.1) is 0 Å². The van der Waals surface area contributed by atoms with Crippen LogP contribution in [0.4, 0.5) is 11.5 Å². The Morgan fingerprint density at radius 3 is 2.72 bits per heavy atom. The molecule has 3 heterocycles. The number of hydrogen-bond acceptors (Lipinski definition) is 6. The molecule has 0 spiro atoms. The van der Waals surface area contributed by atoms with E-state index in [2.05, 4.69) is 39.6 Å². The average Bonchev–Trinajstić information content (AvgIpc) is 2.63. The van der Waals surface area contributed by atoms with Crippen molar-refractivity contribution in [2.24, 2.45) is 0 Å². The summed E-state index contributed by atoms with van der Waals surface area (Å²) in [6.45, 7) is 2.61. The van der Waals surface area contributed by atoms with Crippen LogP contribution in [-0.4, -0.2) is 35.8 Å². The molecule has 6 heteroatoms. The van der Waals surface area contributed by atoms with Gasteiger partial charge in [0.05, 0.1) is 35.6 Å². The minimum atomic E-state index is 0.238. The Bertz CT molecular complexity index is 888. The zero-order valence-corrected chi connectivity index (χ0v) is 13.9. The van der Waals surface area contributed by atoms with E-state index in [0.717, 1.165) is 42.8 Å². The first-order chi connectivity index (χ1) is 12.2. The SMILES string of the molecule is Nc1cnc2cc(-c3ccc(CC4CNCCO4)cc3)c(N)nc2c1. The van der Waals surface area contributed by atoms with Crippen LogP contribution in [0.5, 0.6) is 0 Å². The van der Waals surface area contributed by atoms with Crippen LogP contribution in [0.2, 0.25) is 0 Å². The van der Waals surface area contributed by atoms with E-state index >= 15 is 0 Å². The first-order valence-corrected chi connectivity index (χ1v) is 8.42. The van der Waals surface area contributed by atoms with E-state index < -0.39 is 0 Å². The van der Waals surface area contributed by atoms with Crippen LogP contribution in [0.25, 0.3) is 22.2 Å². The van der Waals surface area contributed by atoms with Crippen molar-refractivity contribution in [3.8, 4) is 11.1 Å². The number of anilines is 2. The number of rotatable bonds is 3. The Morgan fingerprint density at radius 1 is 1.12 bits per heavy atom. The van der Waals surface area contributed by atoms with E-state index in [0.29, 0.717) is 17.0 Å². The van der Waals surface area contributed by atoms with Crippen LogP contribution in [0.15, 0.2) is 42.6 Å². The molecule has 128 valence electrons. The van der Waals surface area contributed by atoms with Crippen LogP contribution in [-0.2, 0) is 11.2 Å². The number of morpholine rings is 1. The second-order valence-electron chi connectivity index (χ2n) is 6.33. The molecule has 1 atom stereocenters. The average molecular weight is 335 g/mol. The molecule has 0 aliphatic carbocycles. The molecule has 1 fully saturated rings. The Balaban J connectivity index is 1.60. The number of aromatic nitrogens is 2. The summed E-state index contributed by atoms with van der Waals surface area (Å²) in [6.07, 6.45) is 2.77. The lowest BCUT2D eigenvalue weighted by Crippen LogP contribution is -2.39. The second-order valence-corrected chi connectivity index (χ2v) is 6.33. The maximum Gasteiger partial charge on any atom is 0.132 e. The highest BCUT2D eigenvalue weighted by atomic mass is 16.5. The molecule has 4 rings (SSSR count). The summed E-state index contributed by atoms with van der Waals surface area (Å²) < 4.78 is 5.76. The van der Waals surface area contributed by atoms with Crippen molar-refractivity contribution in [2.75, 3.05) is 31.2 Å². The minimum absolute atomic E-state index is 0.238. The summed E-state index contributed by atoms with van der Waals surface area (Å²) in [4.78, 5) is 8.77. The third-order valence-corrected chi connectivity index (χ3v) is 4.45. The molecule has 2 aromatic heterocycles. The van der Waals surface area contributed by atoms with Crippen LogP contribution < -0.4 is 16.8 Å². The van der Waals surface area contributed by atoms with Crippen LogP contribution in [0.3, 0.4) is 0 Å². The summed E-state index contributed by atoms with van der Waals surface area (Å²) in [5.41, 5.74) is 17.1. The Kier molecular flexibility index (Phi) is 4.21. The smallest absolute Gasteiger partial charge is 0.132 e. The van der Waals surface area contributed by atoms with Crippen molar-refractivity contribution in [1.82, 2.24) is 15.3 Å². The quantitative estimate of drug-likeness (QED) is 0.677. The molecule has 1 aliphatic rings. The van der Waals surface area contributed by atoms with Gasteiger partial charge in [-0.25, -0.2) is 4.98 Å². The van der Waals surface area contributed by atoms with E-state index in [1.165, 1.54) is 5.56 Å². The summed E-state index contributed by atoms with van der Waals surface area (Å²) in [5, 5.41) is 3.36. The number of nitrogens with two attached hydrogens (primary N) is 2. The van der Waals surface area contributed by atoms with E-state index in [9.17, 15) is 0 Å². The van der Waals surface area contributed by atoms with Crippen LogP contribution in [0.1, 0.15) is 5.56 Å².